The van der Waals surface area contributed by atoms with Gasteiger partial charge in [-0.1, -0.05) is 195 Å². The van der Waals surface area contributed by atoms with Crippen LogP contribution in [0.15, 0.2) is 85.1 Å². The molecule has 0 aromatic heterocycles. The molecule has 0 aliphatic rings. The highest BCUT2D eigenvalue weighted by Gasteiger charge is 2.20. The second-order valence-corrected chi connectivity index (χ2v) is 18.9. The molecule has 0 fully saturated rings. The molecule has 0 saturated heterocycles. The van der Waals surface area contributed by atoms with Gasteiger partial charge in [-0.05, 0) is 70.6 Å². The van der Waals surface area contributed by atoms with Crippen LogP contribution >= 0.6 is 7.82 Å². The molecule has 0 aliphatic carbocycles. The molecule has 8 nitrogen and oxygen atoms in total. The fraction of sp³-hybridized carbons (Fsp3) is 0.717. The molecule has 0 rings (SSSR count). The molecule has 0 heterocycles. The monoisotopic (exact) mass is 888 g/mol. The molecule has 2 atom stereocenters. The van der Waals surface area contributed by atoms with Gasteiger partial charge in [-0.3, -0.25) is 9.36 Å². The molecule has 0 saturated carbocycles. The highest BCUT2D eigenvalue weighted by atomic mass is 31.2. The average Bonchev–Trinajstić information content (AvgIpc) is 3.23. The summed E-state index contributed by atoms with van der Waals surface area (Å²) in [6.07, 6.45) is 60.3. The van der Waals surface area contributed by atoms with Crippen LogP contribution in [0.3, 0.4) is 0 Å². The molecule has 2 unspecified atom stereocenters. The van der Waals surface area contributed by atoms with Crippen LogP contribution in [0.25, 0.3) is 0 Å². The maximum Gasteiger partial charge on any atom is 0.306 e. The Bertz CT molecular complexity index is 1260. The van der Waals surface area contributed by atoms with Crippen molar-refractivity contribution in [2.45, 2.75) is 193 Å². The minimum atomic E-state index is -4.54. The van der Waals surface area contributed by atoms with E-state index in [2.05, 4.69) is 98.9 Å². The zero-order valence-corrected chi connectivity index (χ0v) is 41.4. The predicted octanol–water partition coefficient (Wildman–Crippen LogP) is 14.6. The van der Waals surface area contributed by atoms with Gasteiger partial charge in [-0.25, -0.2) is 0 Å². The van der Waals surface area contributed by atoms with Gasteiger partial charge in [0.05, 0.1) is 34.4 Å². The van der Waals surface area contributed by atoms with Crippen molar-refractivity contribution in [1.29, 1.82) is 0 Å². The van der Waals surface area contributed by atoms with E-state index in [1.807, 2.05) is 21.1 Å². The van der Waals surface area contributed by atoms with Crippen LogP contribution in [0, 0.1) is 0 Å². The third kappa shape index (κ3) is 48.7. The van der Waals surface area contributed by atoms with E-state index in [1.54, 1.807) is 0 Å². The average molecular weight is 888 g/mol. The van der Waals surface area contributed by atoms with E-state index in [9.17, 15) is 14.3 Å². The highest BCUT2D eigenvalue weighted by Crippen LogP contribution is 2.38. The lowest BCUT2D eigenvalue weighted by molar-refractivity contribution is -0.870. The molecule has 0 aromatic rings. The summed E-state index contributed by atoms with van der Waals surface area (Å²) in [5.74, 6) is -0.346. The van der Waals surface area contributed by atoms with Crippen molar-refractivity contribution in [3.63, 3.8) is 0 Å². The molecule has 0 N–H and O–H groups in total. The number of nitrogens with zero attached hydrogens (tertiary/aromatic N) is 1. The Balaban J connectivity index is 4.22. The van der Waals surface area contributed by atoms with Gasteiger partial charge >= 0.3 is 5.97 Å². The first kappa shape index (κ1) is 59.7. The van der Waals surface area contributed by atoms with E-state index in [4.69, 9.17) is 18.5 Å². The lowest BCUT2D eigenvalue weighted by atomic mass is 10.0. The third-order valence-electron chi connectivity index (χ3n) is 10.2. The summed E-state index contributed by atoms with van der Waals surface area (Å²) >= 11 is 0. The fourth-order valence-corrected chi connectivity index (χ4v) is 7.14. The quantitative estimate of drug-likeness (QED) is 0.0198. The van der Waals surface area contributed by atoms with E-state index in [-0.39, 0.29) is 25.8 Å². The Morgan fingerprint density at radius 3 is 1.40 bits per heavy atom. The van der Waals surface area contributed by atoms with Gasteiger partial charge in [-0.15, -0.1) is 0 Å². The summed E-state index contributed by atoms with van der Waals surface area (Å²) in [6.45, 7) is 5.23. The van der Waals surface area contributed by atoms with Gasteiger partial charge in [0, 0.05) is 13.0 Å². The lowest BCUT2D eigenvalue weighted by Crippen LogP contribution is -2.37. The number of carbonyl (C=O) groups excluding carboxylic acids is 1. The number of quaternary nitrogens is 1. The van der Waals surface area contributed by atoms with E-state index in [0.717, 1.165) is 96.3 Å². The number of allylic oxidation sites excluding steroid dienone is 14. The SMILES string of the molecule is CC/C=C\C/C=C\C/C=C\C/C=C\C/C=C\C/C=C\C/C=C\CCCCCCOCC(COP(=O)([O-])OCC[N+](C)(C)C)OC(=O)CCCCCCCCCCCCCCCC. The second kappa shape index (κ2) is 45.3. The zero-order valence-electron chi connectivity index (χ0n) is 40.5. The maximum atomic E-state index is 12.7. The smallest absolute Gasteiger partial charge is 0.306 e. The van der Waals surface area contributed by atoms with Gasteiger partial charge in [0.2, 0.25) is 0 Å². The first-order valence-corrected chi connectivity index (χ1v) is 26.3. The molecule has 9 heteroatoms. The first-order valence-electron chi connectivity index (χ1n) is 24.8. The molecule has 0 amide bonds. The van der Waals surface area contributed by atoms with Crippen molar-refractivity contribution >= 4 is 13.8 Å². The minimum Gasteiger partial charge on any atom is -0.756 e. The topological polar surface area (TPSA) is 94.1 Å². The lowest BCUT2D eigenvalue weighted by Gasteiger charge is -2.28. The van der Waals surface area contributed by atoms with Crippen LogP contribution in [0.2, 0.25) is 0 Å². The summed E-state index contributed by atoms with van der Waals surface area (Å²) in [5.41, 5.74) is 0. The molecule has 62 heavy (non-hydrogen) atoms. The van der Waals surface area contributed by atoms with Crippen molar-refractivity contribution in [3.8, 4) is 0 Å². The van der Waals surface area contributed by atoms with Crippen LogP contribution in [0.5, 0.6) is 0 Å². The summed E-state index contributed by atoms with van der Waals surface area (Å²) in [4.78, 5) is 25.1. The minimum absolute atomic E-state index is 0.0175. The van der Waals surface area contributed by atoms with Crippen molar-refractivity contribution in [3.05, 3.63) is 85.1 Å². The number of ether oxygens (including phenoxy) is 2. The van der Waals surface area contributed by atoms with Crippen molar-refractivity contribution in [2.75, 3.05) is 54.1 Å². The number of hydrogen-bond donors (Lipinski definition) is 0. The summed E-state index contributed by atoms with van der Waals surface area (Å²) in [7, 11) is 1.33. The Morgan fingerprint density at radius 1 is 0.516 bits per heavy atom. The summed E-state index contributed by atoms with van der Waals surface area (Å²) < 4.78 is 34.7. The number of esters is 1. The second-order valence-electron chi connectivity index (χ2n) is 17.4. The summed E-state index contributed by atoms with van der Waals surface area (Å²) in [6, 6.07) is 0. The van der Waals surface area contributed by atoms with Crippen LogP contribution in [0.4, 0.5) is 0 Å². The Hall–Kier alpha value is -2.32. The normalized spacial score (nSPS) is 14.4. The highest BCUT2D eigenvalue weighted by molar-refractivity contribution is 7.45. The Kier molecular flexibility index (Phi) is 43.6. The molecule has 0 aromatic carbocycles. The van der Waals surface area contributed by atoms with Crippen molar-refractivity contribution < 1.29 is 37.3 Å². The Morgan fingerprint density at radius 2 is 0.935 bits per heavy atom. The van der Waals surface area contributed by atoms with Crippen LogP contribution in [-0.2, 0) is 27.9 Å². The van der Waals surface area contributed by atoms with E-state index < -0.39 is 13.9 Å². The van der Waals surface area contributed by atoms with Crippen molar-refractivity contribution in [2.24, 2.45) is 0 Å². The van der Waals surface area contributed by atoms with Gasteiger partial charge < -0.3 is 27.9 Å². The third-order valence-corrected chi connectivity index (χ3v) is 11.2. The van der Waals surface area contributed by atoms with Crippen LogP contribution in [0.1, 0.15) is 187 Å². The van der Waals surface area contributed by atoms with E-state index in [0.29, 0.717) is 24.1 Å². The largest absolute Gasteiger partial charge is 0.756 e. The Labute approximate surface area is 382 Å². The number of phosphoric ester groups is 1. The number of rotatable bonds is 45. The fourth-order valence-electron chi connectivity index (χ4n) is 6.41. The van der Waals surface area contributed by atoms with Gasteiger partial charge in [0.15, 0.2) is 0 Å². The van der Waals surface area contributed by atoms with Crippen LogP contribution in [-0.4, -0.2) is 70.7 Å². The molecular weight excluding hydrogens is 794 g/mol. The first-order chi connectivity index (χ1) is 30.1. The van der Waals surface area contributed by atoms with Gasteiger partial charge in [0.1, 0.15) is 19.3 Å². The number of carbonyl (C=O) groups is 1. The van der Waals surface area contributed by atoms with Gasteiger partial charge in [0.25, 0.3) is 7.82 Å². The number of likely N-dealkylation sites (N-methyl/N-ethyl adjacent to an activating group) is 1. The van der Waals surface area contributed by atoms with Crippen LogP contribution < -0.4 is 4.89 Å². The molecule has 0 radical (unpaired) electrons. The molecule has 0 bridgehead atoms. The maximum absolute atomic E-state index is 12.7. The number of phosphoric acid groups is 1. The molecule has 358 valence electrons. The van der Waals surface area contributed by atoms with Gasteiger partial charge in [-0.2, -0.15) is 0 Å². The van der Waals surface area contributed by atoms with E-state index >= 15 is 0 Å². The number of hydrogen-bond acceptors (Lipinski definition) is 7. The molecule has 0 spiro atoms. The van der Waals surface area contributed by atoms with E-state index in [1.165, 1.54) is 70.6 Å². The zero-order chi connectivity index (χ0) is 45.5. The summed E-state index contributed by atoms with van der Waals surface area (Å²) in [5, 5.41) is 0. The molecule has 0 aliphatic heterocycles. The predicted molar refractivity (Wildman–Crippen MR) is 263 cm³/mol. The van der Waals surface area contributed by atoms with Crippen molar-refractivity contribution in [1.82, 2.24) is 0 Å². The molecular formula is C53H94NO7P. The standard InChI is InChI=1S/C53H94NO7P/c1-6-8-10-12-14-16-18-20-22-23-24-25-26-27-28-29-30-31-32-33-35-37-39-41-43-45-48-58-50-52(51-60-62(56,57)59-49-47-54(3,4)5)61-53(55)46-44-42-40-38-36-34-21-19-17-15-13-11-9-7-2/h8,10,14,16,20,22,24-25,27-28,30-31,33,35,52H,6-7,9,11-13,15,17-19,21,23,26,29,32,34,36-51H2,1-5H3/b10-8-,16-14-,22-20-,25-24-,28-27-,31-30-,35-33-. The number of unbranched alkanes of at least 4 members (excludes halogenated alkanes) is 17.